The van der Waals surface area contributed by atoms with E-state index in [9.17, 15) is 4.79 Å². The SMILES string of the molecule is Cc1cccc(C(=O)c2cnn(-c3ccccc3)c2)c1N. The van der Waals surface area contributed by atoms with E-state index in [1.165, 1.54) is 0 Å². The Bertz CT molecular complexity index is 791. The Morgan fingerprint density at radius 3 is 2.62 bits per heavy atom. The lowest BCUT2D eigenvalue weighted by molar-refractivity contribution is 0.103. The first kappa shape index (κ1) is 13.1. The van der Waals surface area contributed by atoms with Crippen LogP contribution in [-0.4, -0.2) is 15.6 Å². The highest BCUT2D eigenvalue weighted by Gasteiger charge is 2.15. The molecule has 0 saturated heterocycles. The van der Waals surface area contributed by atoms with E-state index in [2.05, 4.69) is 5.10 Å². The number of aromatic nitrogens is 2. The number of anilines is 1. The zero-order valence-electron chi connectivity index (χ0n) is 11.7. The minimum atomic E-state index is -0.113. The number of aryl methyl sites for hydroxylation is 1. The number of nitrogen functional groups attached to an aromatic ring is 1. The maximum atomic E-state index is 12.5. The fourth-order valence-corrected chi connectivity index (χ4v) is 2.20. The quantitative estimate of drug-likeness (QED) is 0.591. The number of rotatable bonds is 3. The van der Waals surface area contributed by atoms with Crippen molar-refractivity contribution in [3.05, 3.63) is 77.6 Å². The molecule has 4 heteroatoms. The van der Waals surface area contributed by atoms with Crippen LogP contribution in [0.4, 0.5) is 5.69 Å². The Balaban J connectivity index is 1.97. The van der Waals surface area contributed by atoms with Gasteiger partial charge < -0.3 is 5.73 Å². The molecule has 0 unspecified atom stereocenters. The summed E-state index contributed by atoms with van der Waals surface area (Å²) in [6.07, 6.45) is 3.29. The number of ketones is 1. The molecule has 0 radical (unpaired) electrons. The van der Waals surface area contributed by atoms with Crippen molar-refractivity contribution >= 4 is 11.5 Å². The van der Waals surface area contributed by atoms with Crippen molar-refractivity contribution in [3.63, 3.8) is 0 Å². The summed E-state index contributed by atoms with van der Waals surface area (Å²) < 4.78 is 1.68. The van der Waals surface area contributed by atoms with Gasteiger partial charge in [0.05, 0.1) is 17.4 Å². The minimum absolute atomic E-state index is 0.113. The molecule has 0 aliphatic carbocycles. The van der Waals surface area contributed by atoms with E-state index in [1.807, 2.05) is 49.4 Å². The molecular formula is C17H15N3O. The Labute approximate surface area is 122 Å². The maximum Gasteiger partial charge on any atom is 0.198 e. The van der Waals surface area contributed by atoms with E-state index in [-0.39, 0.29) is 5.78 Å². The fraction of sp³-hybridized carbons (Fsp3) is 0.0588. The molecule has 0 spiro atoms. The van der Waals surface area contributed by atoms with Crippen LogP contribution in [0.25, 0.3) is 5.69 Å². The van der Waals surface area contributed by atoms with E-state index in [1.54, 1.807) is 23.1 Å². The number of hydrogen-bond donors (Lipinski definition) is 1. The van der Waals surface area contributed by atoms with Crippen molar-refractivity contribution in [2.24, 2.45) is 0 Å². The number of benzene rings is 2. The van der Waals surface area contributed by atoms with E-state index in [0.29, 0.717) is 16.8 Å². The number of hydrogen-bond acceptors (Lipinski definition) is 3. The molecule has 2 N–H and O–H groups in total. The van der Waals surface area contributed by atoms with Crippen LogP contribution in [-0.2, 0) is 0 Å². The molecule has 0 aliphatic heterocycles. The predicted octanol–water partition coefficient (Wildman–Crippen LogP) is 2.99. The Kier molecular flexibility index (Phi) is 3.28. The van der Waals surface area contributed by atoms with Crippen LogP contribution in [0, 0.1) is 6.92 Å². The van der Waals surface area contributed by atoms with Gasteiger partial charge in [0.15, 0.2) is 5.78 Å². The third-order valence-corrected chi connectivity index (χ3v) is 3.43. The van der Waals surface area contributed by atoms with Crippen molar-refractivity contribution < 1.29 is 4.79 Å². The van der Waals surface area contributed by atoms with E-state index in [4.69, 9.17) is 5.73 Å². The predicted molar refractivity (Wildman–Crippen MR) is 82.6 cm³/mol. The molecule has 3 aromatic rings. The van der Waals surface area contributed by atoms with Gasteiger partial charge in [0.1, 0.15) is 0 Å². The van der Waals surface area contributed by atoms with Crippen LogP contribution in [0.2, 0.25) is 0 Å². The molecule has 0 fully saturated rings. The highest BCUT2D eigenvalue weighted by Crippen LogP contribution is 2.20. The van der Waals surface area contributed by atoms with E-state index >= 15 is 0 Å². The Morgan fingerprint density at radius 2 is 1.86 bits per heavy atom. The zero-order chi connectivity index (χ0) is 14.8. The van der Waals surface area contributed by atoms with Crippen molar-refractivity contribution in [1.29, 1.82) is 0 Å². The van der Waals surface area contributed by atoms with Crippen LogP contribution >= 0.6 is 0 Å². The molecule has 0 amide bonds. The molecule has 0 aliphatic rings. The molecule has 0 bridgehead atoms. The van der Waals surface area contributed by atoms with Gasteiger partial charge in [-0.1, -0.05) is 30.3 Å². The van der Waals surface area contributed by atoms with E-state index < -0.39 is 0 Å². The van der Waals surface area contributed by atoms with Gasteiger partial charge in [0.2, 0.25) is 0 Å². The van der Waals surface area contributed by atoms with Crippen molar-refractivity contribution in [3.8, 4) is 5.69 Å². The second-order valence-electron chi connectivity index (χ2n) is 4.87. The largest absolute Gasteiger partial charge is 0.398 e. The molecule has 3 rings (SSSR count). The molecule has 1 aromatic heterocycles. The number of carbonyl (C=O) groups excluding carboxylic acids is 1. The van der Waals surface area contributed by atoms with Gasteiger partial charge in [0.25, 0.3) is 0 Å². The maximum absolute atomic E-state index is 12.5. The third-order valence-electron chi connectivity index (χ3n) is 3.43. The standard InChI is InChI=1S/C17H15N3O/c1-12-6-5-9-15(16(12)18)17(21)13-10-19-20(11-13)14-7-3-2-4-8-14/h2-11H,18H2,1H3. The van der Waals surface area contributed by atoms with Gasteiger partial charge >= 0.3 is 0 Å². The van der Waals surface area contributed by atoms with Crippen LogP contribution < -0.4 is 5.73 Å². The molecule has 0 saturated carbocycles. The van der Waals surface area contributed by atoms with Gasteiger partial charge in [-0.25, -0.2) is 4.68 Å². The zero-order valence-corrected chi connectivity index (χ0v) is 11.7. The average molecular weight is 277 g/mol. The van der Waals surface area contributed by atoms with Crippen LogP contribution in [0.3, 0.4) is 0 Å². The topological polar surface area (TPSA) is 60.9 Å². The van der Waals surface area contributed by atoms with Crippen LogP contribution in [0.5, 0.6) is 0 Å². The second kappa shape index (κ2) is 5.25. The first-order valence-corrected chi connectivity index (χ1v) is 6.66. The summed E-state index contributed by atoms with van der Waals surface area (Å²) in [5, 5.41) is 4.24. The van der Waals surface area contributed by atoms with Gasteiger partial charge in [-0.15, -0.1) is 0 Å². The molecule has 4 nitrogen and oxygen atoms in total. The number of nitrogens with two attached hydrogens (primary N) is 1. The summed E-state index contributed by atoms with van der Waals surface area (Å²) in [6, 6.07) is 15.1. The number of nitrogens with zero attached hydrogens (tertiary/aromatic N) is 2. The molecule has 1 heterocycles. The summed E-state index contributed by atoms with van der Waals surface area (Å²) in [5.74, 6) is -0.113. The van der Waals surface area contributed by atoms with Gasteiger partial charge in [-0.2, -0.15) is 5.10 Å². The monoisotopic (exact) mass is 277 g/mol. The highest BCUT2D eigenvalue weighted by atomic mass is 16.1. The molecule has 0 atom stereocenters. The van der Waals surface area contributed by atoms with Crippen molar-refractivity contribution in [1.82, 2.24) is 9.78 Å². The second-order valence-corrected chi connectivity index (χ2v) is 4.87. The summed E-state index contributed by atoms with van der Waals surface area (Å²) >= 11 is 0. The molecule has 2 aromatic carbocycles. The summed E-state index contributed by atoms with van der Waals surface area (Å²) in [5.41, 5.74) is 9.36. The van der Waals surface area contributed by atoms with Crippen LogP contribution in [0.15, 0.2) is 60.9 Å². The Morgan fingerprint density at radius 1 is 1.10 bits per heavy atom. The van der Waals surface area contributed by atoms with E-state index in [0.717, 1.165) is 11.3 Å². The van der Waals surface area contributed by atoms with Crippen molar-refractivity contribution in [2.45, 2.75) is 6.92 Å². The molecular weight excluding hydrogens is 262 g/mol. The first-order chi connectivity index (χ1) is 10.2. The van der Waals surface area contributed by atoms with Gasteiger partial charge in [0, 0.05) is 17.4 Å². The number of para-hydroxylation sites is 2. The summed E-state index contributed by atoms with van der Waals surface area (Å²) in [7, 11) is 0. The molecule has 104 valence electrons. The van der Waals surface area contributed by atoms with Gasteiger partial charge in [-0.3, -0.25) is 4.79 Å². The average Bonchev–Trinajstić information content (AvgIpc) is 3.00. The highest BCUT2D eigenvalue weighted by molar-refractivity contribution is 6.12. The normalized spacial score (nSPS) is 10.5. The lowest BCUT2D eigenvalue weighted by Gasteiger charge is -2.05. The molecule has 21 heavy (non-hydrogen) atoms. The van der Waals surface area contributed by atoms with Gasteiger partial charge in [-0.05, 0) is 30.7 Å². The van der Waals surface area contributed by atoms with Crippen molar-refractivity contribution in [2.75, 3.05) is 5.73 Å². The smallest absolute Gasteiger partial charge is 0.198 e. The summed E-state index contributed by atoms with van der Waals surface area (Å²) in [6.45, 7) is 1.89. The third kappa shape index (κ3) is 2.43. The minimum Gasteiger partial charge on any atom is -0.398 e. The lowest BCUT2D eigenvalue weighted by Crippen LogP contribution is -2.05. The first-order valence-electron chi connectivity index (χ1n) is 6.66. The Hall–Kier alpha value is -2.88. The summed E-state index contributed by atoms with van der Waals surface area (Å²) in [4.78, 5) is 12.5. The van der Waals surface area contributed by atoms with Crippen LogP contribution in [0.1, 0.15) is 21.5 Å². The lowest BCUT2D eigenvalue weighted by atomic mass is 10.0. The fourth-order valence-electron chi connectivity index (χ4n) is 2.20. The number of carbonyl (C=O) groups is 1.